The molecule has 2 aromatic rings. The number of nitrogens with one attached hydrogen (secondary N) is 1. The lowest BCUT2D eigenvalue weighted by atomic mass is 10.1. The van der Waals surface area contributed by atoms with Gasteiger partial charge in [0.1, 0.15) is 17.8 Å². The third-order valence-corrected chi connectivity index (χ3v) is 7.77. The lowest BCUT2D eigenvalue weighted by Gasteiger charge is -2.25. The van der Waals surface area contributed by atoms with E-state index in [0.29, 0.717) is 25.2 Å². The number of hydrogen-bond acceptors (Lipinski definition) is 6. The highest BCUT2D eigenvalue weighted by molar-refractivity contribution is 7.89. The fourth-order valence-corrected chi connectivity index (χ4v) is 5.68. The monoisotopic (exact) mass is 503 g/mol. The van der Waals surface area contributed by atoms with E-state index < -0.39 is 34.0 Å². The third-order valence-electron chi connectivity index (χ3n) is 5.85. The van der Waals surface area contributed by atoms with Gasteiger partial charge in [-0.15, -0.1) is 0 Å². The fourth-order valence-electron chi connectivity index (χ4n) is 4.02. The van der Waals surface area contributed by atoms with Crippen LogP contribution in [0.15, 0.2) is 59.5 Å². The lowest BCUT2D eigenvalue weighted by Crippen LogP contribution is -2.51. The molecule has 1 fully saturated rings. The van der Waals surface area contributed by atoms with E-state index in [2.05, 4.69) is 10.2 Å². The quantitative estimate of drug-likeness (QED) is 0.426. The topological polar surface area (TPSA) is 116 Å². The second kappa shape index (κ2) is 12.1. The Morgan fingerprint density at radius 2 is 1.83 bits per heavy atom. The van der Waals surface area contributed by atoms with Gasteiger partial charge in [0.25, 0.3) is 0 Å². The van der Waals surface area contributed by atoms with Gasteiger partial charge in [-0.05, 0) is 63.2 Å². The van der Waals surface area contributed by atoms with E-state index in [4.69, 9.17) is 4.74 Å². The molecule has 2 N–H and O–H groups in total. The van der Waals surface area contributed by atoms with E-state index in [9.17, 15) is 23.1 Å². The standard InChI is InChI=1S/C25H33N3O6S/c1-27(2)15-7-17-34-20-11-13-21(14-12-20)35(32,33)28-16-6-10-23(28)24(29)26-22(25(30)31)18-19-8-4-3-5-9-19/h3-5,8-9,11-14,22-23H,6-7,10,15-18H2,1-2H3,(H,26,29)(H,30,31)/t22-,23-/m0/s1. The minimum absolute atomic E-state index is 0.0666. The zero-order valence-corrected chi connectivity index (χ0v) is 20.9. The van der Waals surface area contributed by atoms with E-state index >= 15 is 0 Å². The molecule has 9 nitrogen and oxygen atoms in total. The Morgan fingerprint density at radius 3 is 2.46 bits per heavy atom. The Labute approximate surface area is 206 Å². The smallest absolute Gasteiger partial charge is 0.326 e. The molecule has 10 heteroatoms. The predicted molar refractivity (Wildman–Crippen MR) is 132 cm³/mol. The number of rotatable bonds is 12. The third kappa shape index (κ3) is 7.27. The molecule has 1 aliphatic rings. The van der Waals surface area contributed by atoms with Crippen LogP contribution in [-0.4, -0.2) is 80.5 Å². The summed E-state index contributed by atoms with van der Waals surface area (Å²) in [6, 6.07) is 13.0. The summed E-state index contributed by atoms with van der Waals surface area (Å²) in [7, 11) is 0.0274. The van der Waals surface area contributed by atoms with Crippen molar-refractivity contribution < 1.29 is 27.9 Å². The van der Waals surface area contributed by atoms with Crippen LogP contribution in [0.25, 0.3) is 0 Å². The normalized spacial score (nSPS) is 17.3. The minimum Gasteiger partial charge on any atom is -0.494 e. The number of sulfonamides is 1. The summed E-state index contributed by atoms with van der Waals surface area (Å²) in [5, 5.41) is 12.1. The second-order valence-electron chi connectivity index (χ2n) is 8.84. The van der Waals surface area contributed by atoms with Crippen LogP contribution in [0.5, 0.6) is 5.75 Å². The largest absolute Gasteiger partial charge is 0.494 e. The van der Waals surface area contributed by atoms with E-state index in [-0.39, 0.29) is 17.9 Å². The van der Waals surface area contributed by atoms with Crippen molar-refractivity contribution in [3.63, 3.8) is 0 Å². The first kappa shape index (κ1) is 26.7. The van der Waals surface area contributed by atoms with E-state index in [1.165, 1.54) is 12.1 Å². The SMILES string of the molecule is CN(C)CCCOc1ccc(S(=O)(=O)N2CCC[C@H]2C(=O)N[C@@H](Cc2ccccc2)C(=O)O)cc1. The lowest BCUT2D eigenvalue weighted by molar-refractivity contribution is -0.142. The minimum atomic E-state index is -3.94. The van der Waals surface area contributed by atoms with Crippen molar-refractivity contribution in [3.05, 3.63) is 60.2 Å². The maximum atomic E-state index is 13.3. The number of carboxylic acids is 1. The Bertz CT molecular complexity index is 1090. The maximum Gasteiger partial charge on any atom is 0.326 e. The molecule has 2 aromatic carbocycles. The molecule has 1 amide bonds. The molecule has 2 atom stereocenters. The second-order valence-corrected chi connectivity index (χ2v) is 10.7. The highest BCUT2D eigenvalue weighted by atomic mass is 32.2. The van der Waals surface area contributed by atoms with Crippen LogP contribution >= 0.6 is 0 Å². The molecule has 0 unspecified atom stereocenters. The summed E-state index contributed by atoms with van der Waals surface area (Å²) in [5.74, 6) is -1.20. The number of carbonyl (C=O) groups is 2. The Balaban J connectivity index is 1.66. The zero-order valence-electron chi connectivity index (χ0n) is 20.1. The number of carboxylic acid groups (broad SMARTS) is 1. The molecule has 1 aliphatic heterocycles. The van der Waals surface area contributed by atoms with Crippen LogP contribution < -0.4 is 10.1 Å². The predicted octanol–water partition coefficient (Wildman–Crippen LogP) is 1.98. The van der Waals surface area contributed by atoms with Crippen LogP contribution in [0, 0.1) is 0 Å². The van der Waals surface area contributed by atoms with E-state index in [0.717, 1.165) is 22.8 Å². The number of benzene rings is 2. The van der Waals surface area contributed by atoms with Gasteiger partial charge in [-0.1, -0.05) is 30.3 Å². The molecule has 0 bridgehead atoms. The van der Waals surface area contributed by atoms with Crippen molar-refractivity contribution in [2.45, 2.75) is 42.7 Å². The molecule has 0 spiro atoms. The molecular formula is C25H33N3O6S. The molecular weight excluding hydrogens is 470 g/mol. The van der Waals surface area contributed by atoms with Gasteiger partial charge in [-0.2, -0.15) is 4.31 Å². The molecule has 0 saturated carbocycles. The van der Waals surface area contributed by atoms with Crippen molar-refractivity contribution in [2.24, 2.45) is 0 Å². The molecule has 0 aliphatic carbocycles. The molecule has 1 saturated heterocycles. The Morgan fingerprint density at radius 1 is 1.14 bits per heavy atom. The van der Waals surface area contributed by atoms with Crippen LogP contribution in [0.4, 0.5) is 0 Å². The van der Waals surface area contributed by atoms with Gasteiger partial charge in [-0.25, -0.2) is 13.2 Å². The number of carbonyl (C=O) groups excluding carboxylic acids is 1. The Kier molecular flexibility index (Phi) is 9.25. The van der Waals surface area contributed by atoms with E-state index in [1.54, 1.807) is 36.4 Å². The average molecular weight is 504 g/mol. The molecule has 190 valence electrons. The molecule has 35 heavy (non-hydrogen) atoms. The number of ether oxygens (including phenoxy) is 1. The zero-order chi connectivity index (χ0) is 25.4. The van der Waals surface area contributed by atoms with Crippen molar-refractivity contribution in [3.8, 4) is 5.75 Å². The van der Waals surface area contributed by atoms with Crippen LogP contribution in [-0.2, 0) is 26.0 Å². The van der Waals surface area contributed by atoms with Crippen molar-refractivity contribution in [1.29, 1.82) is 0 Å². The van der Waals surface area contributed by atoms with Crippen molar-refractivity contribution in [2.75, 3.05) is 33.8 Å². The fraction of sp³-hybridized carbons (Fsp3) is 0.440. The highest BCUT2D eigenvalue weighted by Gasteiger charge is 2.40. The van der Waals surface area contributed by atoms with Crippen LogP contribution in [0.3, 0.4) is 0 Å². The first-order chi connectivity index (χ1) is 16.7. The number of aliphatic carboxylic acids is 1. The molecule has 1 heterocycles. The summed E-state index contributed by atoms with van der Waals surface area (Å²) in [5.41, 5.74) is 0.764. The van der Waals surface area contributed by atoms with Crippen LogP contribution in [0.2, 0.25) is 0 Å². The summed E-state index contributed by atoms with van der Waals surface area (Å²) in [6.07, 6.45) is 1.80. The number of hydrogen-bond donors (Lipinski definition) is 2. The van der Waals surface area contributed by atoms with Crippen molar-refractivity contribution >= 4 is 21.9 Å². The summed E-state index contributed by atoms with van der Waals surface area (Å²) in [4.78, 5) is 26.9. The summed E-state index contributed by atoms with van der Waals surface area (Å²) >= 11 is 0. The van der Waals surface area contributed by atoms with Crippen molar-refractivity contribution in [1.82, 2.24) is 14.5 Å². The molecule has 0 radical (unpaired) electrons. The van der Waals surface area contributed by atoms with Gasteiger partial charge in [0.15, 0.2) is 0 Å². The van der Waals surface area contributed by atoms with Gasteiger partial charge in [-0.3, -0.25) is 4.79 Å². The highest BCUT2D eigenvalue weighted by Crippen LogP contribution is 2.27. The van der Waals surface area contributed by atoms with E-state index in [1.807, 2.05) is 20.2 Å². The Hall–Kier alpha value is -2.95. The molecule has 0 aromatic heterocycles. The first-order valence-electron chi connectivity index (χ1n) is 11.6. The van der Waals surface area contributed by atoms with Gasteiger partial charge < -0.3 is 20.1 Å². The first-order valence-corrected chi connectivity index (χ1v) is 13.1. The maximum absolute atomic E-state index is 13.3. The van der Waals surface area contributed by atoms with Gasteiger partial charge >= 0.3 is 5.97 Å². The van der Waals surface area contributed by atoms with Gasteiger partial charge in [0, 0.05) is 19.5 Å². The average Bonchev–Trinajstić information content (AvgIpc) is 3.33. The van der Waals surface area contributed by atoms with Gasteiger partial charge in [0.2, 0.25) is 15.9 Å². The van der Waals surface area contributed by atoms with Crippen LogP contribution in [0.1, 0.15) is 24.8 Å². The summed E-state index contributed by atoms with van der Waals surface area (Å²) in [6.45, 7) is 1.60. The molecule has 3 rings (SSSR count). The number of amides is 1. The summed E-state index contributed by atoms with van der Waals surface area (Å²) < 4.78 is 33.4. The van der Waals surface area contributed by atoms with Gasteiger partial charge in [0.05, 0.1) is 11.5 Å². The number of nitrogens with zero attached hydrogens (tertiary/aromatic N) is 2.